The van der Waals surface area contributed by atoms with Crippen molar-refractivity contribution in [1.82, 2.24) is 0 Å². The smallest absolute Gasteiger partial charge is 0.265 e. The van der Waals surface area contributed by atoms with Crippen molar-refractivity contribution in [1.29, 1.82) is 0 Å². The van der Waals surface area contributed by atoms with Crippen molar-refractivity contribution in [3.05, 3.63) is 46.4 Å². The number of fused-ring (bicyclic) bond motifs is 1. The minimum absolute atomic E-state index is 0.104. The zero-order valence-electron chi connectivity index (χ0n) is 13.2. The average molecular weight is 412 g/mol. The number of anilines is 1. The van der Waals surface area contributed by atoms with Gasteiger partial charge < -0.3 is 9.47 Å². The summed E-state index contributed by atoms with van der Waals surface area (Å²) in [5.74, 6) is 1.15. The van der Waals surface area contributed by atoms with Crippen molar-refractivity contribution < 1.29 is 17.9 Å². The zero-order chi connectivity index (χ0) is 17.2. The van der Waals surface area contributed by atoms with E-state index in [2.05, 4.69) is 20.7 Å². The molecule has 5 nitrogen and oxygen atoms in total. The summed E-state index contributed by atoms with van der Waals surface area (Å²) < 4.78 is 39.8. The van der Waals surface area contributed by atoms with Crippen LogP contribution in [0.2, 0.25) is 0 Å². The lowest BCUT2D eigenvalue weighted by Gasteiger charge is -2.18. The Morgan fingerprint density at radius 1 is 1.25 bits per heavy atom. The van der Waals surface area contributed by atoms with E-state index in [0.717, 1.165) is 24.2 Å². The van der Waals surface area contributed by atoms with Crippen LogP contribution in [0.25, 0.3) is 0 Å². The van der Waals surface area contributed by atoms with Crippen molar-refractivity contribution in [2.45, 2.75) is 24.7 Å². The fourth-order valence-corrected chi connectivity index (χ4v) is 4.33. The van der Waals surface area contributed by atoms with Gasteiger partial charge in [0.15, 0.2) is 0 Å². The first-order chi connectivity index (χ1) is 11.5. The third kappa shape index (κ3) is 3.67. The number of benzene rings is 2. The highest BCUT2D eigenvalue weighted by Crippen LogP contribution is 2.31. The van der Waals surface area contributed by atoms with Crippen LogP contribution in [0, 0.1) is 0 Å². The third-order valence-electron chi connectivity index (χ3n) is 3.66. The Balaban J connectivity index is 1.93. The van der Waals surface area contributed by atoms with Gasteiger partial charge in [-0.25, -0.2) is 8.42 Å². The fourth-order valence-electron chi connectivity index (χ4n) is 2.60. The predicted molar refractivity (Wildman–Crippen MR) is 96.4 cm³/mol. The lowest BCUT2D eigenvalue weighted by molar-refractivity contribution is 0.288. The number of aryl methyl sites for hydroxylation is 1. The fraction of sp³-hybridized carbons (Fsp3) is 0.294. The van der Waals surface area contributed by atoms with Crippen molar-refractivity contribution in [3.63, 3.8) is 0 Å². The molecule has 0 aromatic heterocycles. The molecule has 0 amide bonds. The molecule has 0 saturated heterocycles. The van der Waals surface area contributed by atoms with E-state index in [0.29, 0.717) is 29.1 Å². The van der Waals surface area contributed by atoms with Gasteiger partial charge in [0.05, 0.1) is 13.2 Å². The van der Waals surface area contributed by atoms with E-state index < -0.39 is 10.0 Å². The van der Waals surface area contributed by atoms with E-state index in [1.54, 1.807) is 24.3 Å². The summed E-state index contributed by atoms with van der Waals surface area (Å²) in [4.78, 5) is 0.104. The molecule has 1 heterocycles. The maximum absolute atomic E-state index is 12.8. The number of rotatable bonds is 5. The third-order valence-corrected chi connectivity index (χ3v) is 5.55. The second-order valence-corrected chi connectivity index (χ2v) is 7.97. The molecule has 0 atom stereocenters. The van der Waals surface area contributed by atoms with Gasteiger partial charge in [-0.05, 0) is 61.7 Å². The average Bonchev–Trinajstić information content (AvgIpc) is 2.56. The quantitative estimate of drug-likeness (QED) is 0.807. The highest BCUT2D eigenvalue weighted by Gasteiger charge is 2.21. The van der Waals surface area contributed by atoms with Crippen LogP contribution in [0.5, 0.6) is 11.5 Å². The van der Waals surface area contributed by atoms with Crippen LogP contribution < -0.4 is 14.2 Å². The second-order valence-electron chi connectivity index (χ2n) is 5.40. The Kier molecular flexibility index (Phi) is 5.01. The van der Waals surface area contributed by atoms with Gasteiger partial charge in [-0.3, -0.25) is 4.72 Å². The van der Waals surface area contributed by atoms with E-state index in [1.807, 2.05) is 13.0 Å². The second kappa shape index (κ2) is 7.03. The van der Waals surface area contributed by atoms with Crippen LogP contribution in [-0.2, 0) is 16.4 Å². The number of halogens is 1. The monoisotopic (exact) mass is 411 g/mol. The summed E-state index contributed by atoms with van der Waals surface area (Å²) in [6, 6.07) is 10.3. The van der Waals surface area contributed by atoms with Gasteiger partial charge in [0, 0.05) is 10.2 Å². The summed E-state index contributed by atoms with van der Waals surface area (Å²) in [6.45, 7) is 2.91. The zero-order valence-corrected chi connectivity index (χ0v) is 15.6. The molecule has 0 bridgehead atoms. The van der Waals surface area contributed by atoms with E-state index in [9.17, 15) is 8.42 Å². The predicted octanol–water partition coefficient (Wildman–Crippen LogP) is 3.97. The first kappa shape index (κ1) is 17.1. The Morgan fingerprint density at radius 3 is 2.88 bits per heavy atom. The topological polar surface area (TPSA) is 64.6 Å². The largest absolute Gasteiger partial charge is 0.493 e. The van der Waals surface area contributed by atoms with Gasteiger partial charge in [0.1, 0.15) is 16.4 Å². The maximum atomic E-state index is 12.8. The molecule has 2 aromatic carbocycles. The highest BCUT2D eigenvalue weighted by atomic mass is 79.9. The van der Waals surface area contributed by atoms with Gasteiger partial charge in [-0.1, -0.05) is 15.9 Å². The van der Waals surface area contributed by atoms with Crippen molar-refractivity contribution >= 4 is 31.6 Å². The van der Waals surface area contributed by atoms with Gasteiger partial charge in [-0.2, -0.15) is 0 Å². The molecule has 0 spiro atoms. The summed E-state index contributed by atoms with van der Waals surface area (Å²) in [6.07, 6.45) is 1.81. The van der Waals surface area contributed by atoms with E-state index in [4.69, 9.17) is 9.47 Å². The number of nitrogens with one attached hydrogen (secondary N) is 1. The molecular weight excluding hydrogens is 394 g/mol. The Morgan fingerprint density at radius 2 is 2.08 bits per heavy atom. The lowest BCUT2D eigenvalue weighted by atomic mass is 10.1. The number of ether oxygens (including phenoxy) is 2. The van der Waals surface area contributed by atoms with Crippen LogP contribution in [0.3, 0.4) is 0 Å². The molecule has 0 unspecified atom stereocenters. The molecule has 1 aliphatic heterocycles. The Bertz CT molecular complexity index is 852. The SMILES string of the molecule is CCOc1ccc(Br)cc1S(=O)(=O)Nc1ccc2c(c1)CCCO2. The molecule has 0 radical (unpaired) electrons. The molecular formula is C17H18BrNO4S. The van der Waals surface area contributed by atoms with Gasteiger partial charge in [0.25, 0.3) is 10.0 Å². The van der Waals surface area contributed by atoms with Crippen LogP contribution in [-0.4, -0.2) is 21.6 Å². The van der Waals surface area contributed by atoms with Crippen molar-refractivity contribution in [2.75, 3.05) is 17.9 Å². The van der Waals surface area contributed by atoms with Crippen LogP contribution in [0.4, 0.5) is 5.69 Å². The van der Waals surface area contributed by atoms with E-state index >= 15 is 0 Å². The molecule has 128 valence electrons. The summed E-state index contributed by atoms with van der Waals surface area (Å²) in [5, 5.41) is 0. The van der Waals surface area contributed by atoms with E-state index in [-0.39, 0.29) is 4.90 Å². The molecule has 24 heavy (non-hydrogen) atoms. The lowest BCUT2D eigenvalue weighted by Crippen LogP contribution is -2.15. The van der Waals surface area contributed by atoms with Gasteiger partial charge in [-0.15, -0.1) is 0 Å². The Hall–Kier alpha value is -1.73. The molecule has 7 heteroatoms. The summed E-state index contributed by atoms with van der Waals surface area (Å²) in [7, 11) is -3.76. The minimum atomic E-state index is -3.76. The molecule has 1 N–H and O–H groups in total. The molecule has 1 aliphatic rings. The van der Waals surface area contributed by atoms with Crippen LogP contribution in [0.1, 0.15) is 18.9 Å². The maximum Gasteiger partial charge on any atom is 0.265 e. The number of hydrogen-bond acceptors (Lipinski definition) is 4. The summed E-state index contributed by atoms with van der Waals surface area (Å²) in [5.41, 5.74) is 1.53. The molecule has 0 saturated carbocycles. The Labute approximate surface area is 150 Å². The number of sulfonamides is 1. The number of hydrogen-bond donors (Lipinski definition) is 1. The minimum Gasteiger partial charge on any atom is -0.493 e. The first-order valence-corrected chi connectivity index (χ1v) is 9.98. The van der Waals surface area contributed by atoms with Gasteiger partial charge in [0.2, 0.25) is 0 Å². The molecule has 0 fully saturated rings. The highest BCUT2D eigenvalue weighted by molar-refractivity contribution is 9.10. The molecule has 2 aromatic rings. The molecule has 3 rings (SSSR count). The van der Waals surface area contributed by atoms with Crippen molar-refractivity contribution in [2.24, 2.45) is 0 Å². The molecule has 0 aliphatic carbocycles. The normalized spacial score (nSPS) is 13.8. The van der Waals surface area contributed by atoms with Gasteiger partial charge >= 0.3 is 0 Å². The van der Waals surface area contributed by atoms with Crippen LogP contribution >= 0.6 is 15.9 Å². The summed E-state index contributed by atoms with van der Waals surface area (Å²) >= 11 is 3.31. The standard InChI is InChI=1S/C17H18BrNO4S/c1-2-22-16-7-5-13(18)11-17(16)24(20,21)19-14-6-8-15-12(10-14)4-3-9-23-15/h5-8,10-11,19H,2-4,9H2,1H3. The van der Waals surface area contributed by atoms with E-state index in [1.165, 1.54) is 6.07 Å². The van der Waals surface area contributed by atoms with Crippen molar-refractivity contribution in [3.8, 4) is 11.5 Å². The first-order valence-electron chi connectivity index (χ1n) is 7.70. The van der Waals surface area contributed by atoms with Crippen LogP contribution in [0.15, 0.2) is 45.8 Å².